The number of methoxy groups -OCH3 is 1. The molecular weight excluding hydrogens is 514 g/mol. The Morgan fingerprint density at radius 1 is 1.00 bits per heavy atom. The number of ether oxygens (including phenoxy) is 1. The number of nitrogens with zero attached hydrogens (tertiary/aromatic N) is 2. The Morgan fingerprint density at radius 3 is 2.19 bits per heavy atom. The molecule has 0 spiro atoms. The van der Waals surface area contributed by atoms with Crippen molar-refractivity contribution in [3.8, 4) is 5.75 Å². The van der Waals surface area contributed by atoms with Crippen LogP contribution in [0.3, 0.4) is 0 Å². The van der Waals surface area contributed by atoms with Gasteiger partial charge >= 0.3 is 0 Å². The van der Waals surface area contributed by atoms with Crippen LogP contribution in [0, 0.1) is 6.92 Å². The maximum absolute atomic E-state index is 13.7. The molecule has 10 heteroatoms. The van der Waals surface area contributed by atoms with Crippen LogP contribution in [0.1, 0.15) is 18.1 Å². The number of anilines is 1. The molecule has 37 heavy (non-hydrogen) atoms. The molecule has 0 fully saturated rings. The third-order valence-corrected chi connectivity index (χ3v) is 8.03. The van der Waals surface area contributed by atoms with Crippen molar-refractivity contribution < 1.29 is 22.7 Å². The zero-order valence-corrected chi connectivity index (χ0v) is 22.7. The molecule has 1 N–H and O–H groups in total. The average molecular weight is 544 g/mol. The zero-order chi connectivity index (χ0) is 27.2. The summed E-state index contributed by atoms with van der Waals surface area (Å²) >= 11 is 6.39. The van der Waals surface area contributed by atoms with Crippen LogP contribution in [0.5, 0.6) is 5.75 Å². The van der Waals surface area contributed by atoms with Crippen molar-refractivity contribution >= 4 is 39.1 Å². The van der Waals surface area contributed by atoms with Crippen LogP contribution >= 0.6 is 11.6 Å². The van der Waals surface area contributed by atoms with Crippen molar-refractivity contribution in [1.29, 1.82) is 0 Å². The number of nitrogens with one attached hydrogen (secondary N) is 1. The second-order valence-corrected chi connectivity index (χ2v) is 10.7. The lowest BCUT2D eigenvalue weighted by Crippen LogP contribution is -2.50. The molecule has 196 valence electrons. The minimum absolute atomic E-state index is 0.0203. The summed E-state index contributed by atoms with van der Waals surface area (Å²) in [5.74, 6) is -0.301. The van der Waals surface area contributed by atoms with Crippen LogP contribution in [-0.4, -0.2) is 51.9 Å². The quantitative estimate of drug-likeness (QED) is 0.417. The molecule has 3 aromatic carbocycles. The average Bonchev–Trinajstić information content (AvgIpc) is 2.90. The Bertz CT molecular complexity index is 1350. The number of hydrogen-bond donors (Lipinski definition) is 1. The Balaban J connectivity index is 2.03. The minimum Gasteiger partial charge on any atom is -0.497 e. The van der Waals surface area contributed by atoms with Crippen molar-refractivity contribution in [3.05, 3.63) is 88.9 Å². The van der Waals surface area contributed by atoms with Gasteiger partial charge in [-0.25, -0.2) is 8.42 Å². The van der Waals surface area contributed by atoms with Crippen molar-refractivity contribution in [2.75, 3.05) is 25.0 Å². The van der Waals surface area contributed by atoms with Crippen molar-refractivity contribution in [2.45, 2.75) is 31.3 Å². The number of hydrogen-bond acceptors (Lipinski definition) is 5. The molecule has 0 aliphatic carbocycles. The van der Waals surface area contributed by atoms with Crippen LogP contribution in [0.15, 0.2) is 77.7 Å². The number of benzene rings is 3. The number of halogens is 1. The maximum atomic E-state index is 13.7. The molecule has 0 heterocycles. The van der Waals surface area contributed by atoms with Gasteiger partial charge in [0.1, 0.15) is 18.3 Å². The first kappa shape index (κ1) is 28.0. The lowest BCUT2D eigenvalue weighted by molar-refractivity contribution is -0.139. The molecule has 0 bridgehead atoms. The van der Waals surface area contributed by atoms with Crippen LogP contribution in [0.4, 0.5) is 5.69 Å². The van der Waals surface area contributed by atoms with E-state index in [9.17, 15) is 18.0 Å². The second-order valence-electron chi connectivity index (χ2n) is 8.44. The molecule has 8 nitrogen and oxygen atoms in total. The van der Waals surface area contributed by atoms with Gasteiger partial charge in [0.05, 0.1) is 22.7 Å². The van der Waals surface area contributed by atoms with E-state index in [0.29, 0.717) is 5.75 Å². The lowest BCUT2D eigenvalue weighted by Gasteiger charge is -2.32. The van der Waals surface area contributed by atoms with Gasteiger partial charge < -0.3 is 15.0 Å². The molecule has 2 amide bonds. The lowest BCUT2D eigenvalue weighted by atomic mass is 10.1. The number of amides is 2. The molecule has 3 rings (SSSR count). The number of aryl methyl sites for hydroxylation is 1. The highest BCUT2D eigenvalue weighted by Gasteiger charge is 2.33. The zero-order valence-electron chi connectivity index (χ0n) is 21.1. The van der Waals surface area contributed by atoms with E-state index in [1.807, 2.05) is 6.92 Å². The normalized spacial score (nSPS) is 11.9. The topological polar surface area (TPSA) is 96.0 Å². The summed E-state index contributed by atoms with van der Waals surface area (Å²) in [6.45, 7) is 2.97. The number of carbonyl (C=O) groups is 2. The van der Waals surface area contributed by atoms with Crippen molar-refractivity contribution in [1.82, 2.24) is 10.2 Å². The third-order valence-electron chi connectivity index (χ3n) is 5.93. The highest BCUT2D eigenvalue weighted by Crippen LogP contribution is 2.31. The second kappa shape index (κ2) is 12.1. The van der Waals surface area contributed by atoms with Crippen molar-refractivity contribution in [2.24, 2.45) is 0 Å². The van der Waals surface area contributed by atoms with Crippen LogP contribution < -0.4 is 14.4 Å². The van der Waals surface area contributed by atoms with Crippen LogP contribution in [0.25, 0.3) is 0 Å². The van der Waals surface area contributed by atoms with Gasteiger partial charge in [0, 0.05) is 13.6 Å². The van der Waals surface area contributed by atoms with Gasteiger partial charge in [0.15, 0.2) is 0 Å². The fourth-order valence-electron chi connectivity index (χ4n) is 3.72. The Kier molecular flexibility index (Phi) is 9.18. The number of sulfonamides is 1. The SMILES string of the molecule is CNC(=O)C(C)N(Cc1ccc(OC)cc1)C(=O)CN(c1ccccc1Cl)S(=O)(=O)c1ccc(C)cc1. The Morgan fingerprint density at radius 2 is 1.62 bits per heavy atom. The first-order chi connectivity index (χ1) is 17.6. The summed E-state index contributed by atoms with van der Waals surface area (Å²) in [4.78, 5) is 27.6. The summed E-state index contributed by atoms with van der Waals surface area (Å²) < 4.78 is 33.7. The van der Waals surface area contributed by atoms with Gasteiger partial charge in [0.2, 0.25) is 11.8 Å². The summed E-state index contributed by atoms with van der Waals surface area (Å²) in [6.07, 6.45) is 0. The first-order valence-corrected chi connectivity index (χ1v) is 13.4. The van der Waals surface area contributed by atoms with E-state index in [-0.39, 0.29) is 28.1 Å². The molecule has 1 atom stereocenters. The van der Waals surface area contributed by atoms with Gasteiger partial charge in [0.25, 0.3) is 10.0 Å². The predicted octanol–water partition coefficient (Wildman–Crippen LogP) is 4.02. The number of para-hydroxylation sites is 1. The smallest absolute Gasteiger partial charge is 0.264 e. The monoisotopic (exact) mass is 543 g/mol. The van der Waals surface area contributed by atoms with E-state index in [1.165, 1.54) is 30.1 Å². The van der Waals surface area contributed by atoms with Crippen LogP contribution in [-0.2, 0) is 26.2 Å². The maximum Gasteiger partial charge on any atom is 0.264 e. The fraction of sp³-hybridized carbons (Fsp3) is 0.259. The summed E-state index contributed by atoms with van der Waals surface area (Å²) in [5, 5.41) is 2.73. The van der Waals surface area contributed by atoms with Gasteiger partial charge in [-0.1, -0.05) is 53.6 Å². The van der Waals surface area contributed by atoms with E-state index < -0.39 is 28.5 Å². The molecule has 1 unspecified atom stereocenters. The molecule has 0 radical (unpaired) electrons. The van der Waals surface area contributed by atoms with Gasteiger partial charge in [-0.15, -0.1) is 0 Å². The van der Waals surface area contributed by atoms with E-state index in [1.54, 1.807) is 68.6 Å². The molecule has 0 saturated carbocycles. The summed E-state index contributed by atoms with van der Waals surface area (Å²) in [5.41, 5.74) is 1.80. The van der Waals surface area contributed by atoms with E-state index in [0.717, 1.165) is 15.4 Å². The number of rotatable bonds is 10. The third kappa shape index (κ3) is 6.61. The van der Waals surface area contributed by atoms with Gasteiger partial charge in [-0.2, -0.15) is 0 Å². The Labute approximate surface area is 222 Å². The molecule has 0 aromatic heterocycles. The van der Waals surface area contributed by atoms with Crippen LogP contribution in [0.2, 0.25) is 5.02 Å². The van der Waals surface area contributed by atoms with Gasteiger partial charge in [-0.3, -0.25) is 13.9 Å². The summed E-state index contributed by atoms with van der Waals surface area (Å²) in [7, 11) is -1.14. The van der Waals surface area contributed by atoms with E-state index >= 15 is 0 Å². The highest BCUT2D eigenvalue weighted by molar-refractivity contribution is 7.92. The predicted molar refractivity (Wildman–Crippen MR) is 144 cm³/mol. The fourth-order valence-corrected chi connectivity index (χ4v) is 5.44. The molecule has 0 aliphatic heterocycles. The molecule has 0 saturated heterocycles. The van der Waals surface area contributed by atoms with Gasteiger partial charge in [-0.05, 0) is 55.8 Å². The molecule has 0 aliphatic rings. The number of likely N-dealkylation sites (N-methyl/N-ethyl adjacent to an activating group) is 1. The standard InChI is InChI=1S/C27H30ClN3O5S/c1-19-9-15-23(16-10-19)37(34,35)31(25-8-6-5-7-24(25)28)18-26(32)30(20(2)27(33)29-3)17-21-11-13-22(36-4)14-12-21/h5-16,20H,17-18H2,1-4H3,(H,29,33). The van der Waals surface area contributed by atoms with E-state index in [4.69, 9.17) is 16.3 Å². The molecular formula is C27H30ClN3O5S. The Hall–Kier alpha value is -3.56. The largest absolute Gasteiger partial charge is 0.497 e. The highest BCUT2D eigenvalue weighted by atomic mass is 35.5. The first-order valence-electron chi connectivity index (χ1n) is 11.6. The molecule has 3 aromatic rings. The van der Waals surface area contributed by atoms with E-state index in [2.05, 4.69) is 5.32 Å². The number of carbonyl (C=O) groups excluding carboxylic acids is 2. The summed E-state index contributed by atoms with van der Waals surface area (Å²) in [6, 6.07) is 19.0. The van der Waals surface area contributed by atoms with Crippen molar-refractivity contribution in [3.63, 3.8) is 0 Å². The minimum atomic E-state index is -4.17.